The van der Waals surface area contributed by atoms with E-state index in [9.17, 15) is 13.2 Å². The van der Waals surface area contributed by atoms with Gasteiger partial charge in [0.2, 0.25) is 15.9 Å². The molecule has 1 aliphatic heterocycles. The zero-order chi connectivity index (χ0) is 19.7. The second kappa shape index (κ2) is 8.03. The molecular weight excluding hydrogens is 376 g/mol. The van der Waals surface area contributed by atoms with Crippen molar-refractivity contribution in [3.63, 3.8) is 0 Å². The van der Waals surface area contributed by atoms with Crippen molar-refractivity contribution in [1.29, 1.82) is 0 Å². The number of ether oxygens (including phenoxy) is 1. The van der Waals surface area contributed by atoms with Crippen LogP contribution < -0.4 is 10.1 Å². The number of hydrogen-bond donors (Lipinski definition) is 1. The summed E-state index contributed by atoms with van der Waals surface area (Å²) in [5.41, 5.74) is 0.769. The summed E-state index contributed by atoms with van der Waals surface area (Å²) in [5, 5.41) is 3.20. The van der Waals surface area contributed by atoms with E-state index in [2.05, 4.69) is 5.32 Å². The molecule has 0 spiro atoms. The van der Waals surface area contributed by atoms with E-state index < -0.39 is 10.0 Å². The van der Waals surface area contributed by atoms with Gasteiger partial charge in [0.15, 0.2) is 0 Å². The van der Waals surface area contributed by atoms with Gasteiger partial charge in [-0.25, -0.2) is 8.42 Å². The lowest BCUT2D eigenvalue weighted by Gasteiger charge is -2.23. The van der Waals surface area contributed by atoms with Gasteiger partial charge in [-0.05, 0) is 74.1 Å². The summed E-state index contributed by atoms with van der Waals surface area (Å²) >= 11 is 0. The fourth-order valence-electron chi connectivity index (χ4n) is 5.14. The minimum atomic E-state index is -3.47. The fourth-order valence-corrected chi connectivity index (χ4v) is 6.71. The molecule has 1 N–H and O–H groups in total. The van der Waals surface area contributed by atoms with Crippen LogP contribution in [-0.4, -0.2) is 44.9 Å². The van der Waals surface area contributed by atoms with E-state index in [-0.39, 0.29) is 5.91 Å². The van der Waals surface area contributed by atoms with Crippen LogP contribution in [-0.2, 0) is 21.2 Å². The molecular formula is C21H30N2O4S. The number of carbonyl (C=O) groups excluding carboxylic acids is 1. The topological polar surface area (TPSA) is 75.7 Å². The Bertz CT molecular complexity index is 833. The second-order valence-corrected chi connectivity index (χ2v) is 10.4. The summed E-state index contributed by atoms with van der Waals surface area (Å²) in [5.74, 6) is 2.13. The Morgan fingerprint density at radius 1 is 1.21 bits per heavy atom. The maximum absolute atomic E-state index is 12.8. The minimum absolute atomic E-state index is 0.0485. The van der Waals surface area contributed by atoms with Crippen LogP contribution >= 0.6 is 0 Å². The van der Waals surface area contributed by atoms with E-state index in [1.807, 2.05) is 0 Å². The van der Waals surface area contributed by atoms with E-state index in [1.165, 1.54) is 19.3 Å². The number of carbonyl (C=O) groups is 1. The van der Waals surface area contributed by atoms with Crippen LogP contribution in [0.1, 0.15) is 50.5 Å². The van der Waals surface area contributed by atoms with Gasteiger partial charge in [0.05, 0.1) is 12.0 Å². The van der Waals surface area contributed by atoms with Crippen molar-refractivity contribution >= 4 is 15.9 Å². The first-order chi connectivity index (χ1) is 13.5. The van der Waals surface area contributed by atoms with E-state index >= 15 is 0 Å². The number of benzene rings is 1. The van der Waals surface area contributed by atoms with E-state index in [0.29, 0.717) is 48.5 Å². The molecule has 3 fully saturated rings. The molecule has 1 heterocycles. The maximum Gasteiger partial charge on any atom is 0.243 e. The van der Waals surface area contributed by atoms with Gasteiger partial charge in [-0.3, -0.25) is 4.79 Å². The van der Waals surface area contributed by atoms with E-state index in [4.69, 9.17) is 4.74 Å². The standard InChI is InChI=1S/C21H30N2O4S/c1-27-20-8-7-18(28(25,26)23-10-2-3-11-23)14-17(20)6-9-21(24)22-19-13-15-4-5-16(19)12-15/h7-8,14-16,19H,2-6,9-13H2,1H3,(H,22,24)/t15-,16-,19+/m0/s1. The first-order valence-corrected chi connectivity index (χ1v) is 11.9. The molecule has 2 aliphatic carbocycles. The predicted molar refractivity (Wildman–Crippen MR) is 107 cm³/mol. The Kier molecular flexibility index (Phi) is 5.65. The van der Waals surface area contributed by atoms with Crippen molar-refractivity contribution < 1.29 is 17.9 Å². The van der Waals surface area contributed by atoms with Crippen molar-refractivity contribution in [1.82, 2.24) is 9.62 Å². The third-order valence-electron chi connectivity index (χ3n) is 6.66. The Morgan fingerprint density at radius 3 is 2.64 bits per heavy atom. The Labute approximate surface area is 167 Å². The molecule has 1 amide bonds. The van der Waals surface area contributed by atoms with Crippen LogP contribution in [0.3, 0.4) is 0 Å². The molecule has 1 saturated heterocycles. The van der Waals surface area contributed by atoms with Gasteiger partial charge in [-0.1, -0.05) is 6.42 Å². The lowest BCUT2D eigenvalue weighted by Crippen LogP contribution is -2.38. The number of methoxy groups -OCH3 is 1. The smallest absolute Gasteiger partial charge is 0.243 e. The SMILES string of the molecule is COc1ccc(S(=O)(=O)N2CCCC2)cc1CCC(=O)N[C@@H]1C[C@H]2CC[C@H]1C2. The van der Waals surface area contributed by atoms with Gasteiger partial charge < -0.3 is 10.1 Å². The van der Waals surface area contributed by atoms with Crippen molar-refractivity contribution in [3.8, 4) is 5.75 Å². The first-order valence-electron chi connectivity index (χ1n) is 10.4. The summed E-state index contributed by atoms with van der Waals surface area (Å²) in [7, 11) is -1.90. The number of nitrogens with zero attached hydrogens (tertiary/aromatic N) is 1. The highest BCUT2D eigenvalue weighted by atomic mass is 32.2. The van der Waals surface area contributed by atoms with Gasteiger partial charge in [-0.2, -0.15) is 4.31 Å². The molecule has 1 aromatic rings. The van der Waals surface area contributed by atoms with Crippen molar-refractivity contribution in [3.05, 3.63) is 23.8 Å². The highest BCUT2D eigenvalue weighted by molar-refractivity contribution is 7.89. The molecule has 0 aromatic heterocycles. The van der Waals surface area contributed by atoms with Gasteiger partial charge >= 0.3 is 0 Å². The number of aryl methyl sites for hydroxylation is 1. The van der Waals surface area contributed by atoms with Crippen LogP contribution in [0.25, 0.3) is 0 Å². The molecule has 2 bridgehead atoms. The van der Waals surface area contributed by atoms with Gasteiger partial charge in [-0.15, -0.1) is 0 Å². The lowest BCUT2D eigenvalue weighted by molar-refractivity contribution is -0.122. The average Bonchev–Trinajstić information content (AvgIpc) is 3.44. The Hall–Kier alpha value is -1.60. The molecule has 7 heteroatoms. The van der Waals surface area contributed by atoms with Crippen LogP contribution in [0, 0.1) is 11.8 Å². The molecule has 0 unspecified atom stereocenters. The van der Waals surface area contributed by atoms with Gasteiger partial charge in [0, 0.05) is 25.6 Å². The summed E-state index contributed by atoms with van der Waals surface area (Å²) < 4.78 is 32.6. The summed E-state index contributed by atoms with van der Waals surface area (Å²) in [6, 6.07) is 5.31. The molecule has 0 radical (unpaired) electrons. The monoisotopic (exact) mass is 406 g/mol. The summed E-state index contributed by atoms with van der Waals surface area (Å²) in [4.78, 5) is 12.8. The quantitative estimate of drug-likeness (QED) is 0.755. The number of rotatable bonds is 7. The largest absolute Gasteiger partial charge is 0.496 e. The molecule has 2 saturated carbocycles. The van der Waals surface area contributed by atoms with Crippen LogP contribution in [0.5, 0.6) is 5.75 Å². The number of hydrogen-bond acceptors (Lipinski definition) is 4. The molecule has 28 heavy (non-hydrogen) atoms. The van der Waals surface area contributed by atoms with Crippen LogP contribution in [0.4, 0.5) is 0 Å². The minimum Gasteiger partial charge on any atom is -0.496 e. The van der Waals surface area contributed by atoms with Crippen LogP contribution in [0.2, 0.25) is 0 Å². The summed E-state index contributed by atoms with van der Waals surface area (Å²) in [6.45, 7) is 1.16. The van der Waals surface area contributed by atoms with Crippen LogP contribution in [0.15, 0.2) is 23.1 Å². The normalized spacial score (nSPS) is 27.2. The number of nitrogens with one attached hydrogen (secondary N) is 1. The average molecular weight is 407 g/mol. The van der Waals surface area contributed by atoms with Gasteiger partial charge in [0.1, 0.15) is 5.75 Å². The molecule has 6 nitrogen and oxygen atoms in total. The second-order valence-electron chi connectivity index (χ2n) is 8.43. The zero-order valence-electron chi connectivity index (χ0n) is 16.5. The highest BCUT2D eigenvalue weighted by Crippen LogP contribution is 2.44. The Morgan fingerprint density at radius 2 is 2.00 bits per heavy atom. The van der Waals surface area contributed by atoms with Crippen molar-refractivity contribution in [2.45, 2.75) is 62.3 Å². The predicted octanol–water partition coefficient (Wildman–Crippen LogP) is 2.72. The molecule has 3 atom stereocenters. The third-order valence-corrected chi connectivity index (χ3v) is 8.56. The first kappa shape index (κ1) is 19.7. The Balaban J connectivity index is 1.42. The molecule has 4 rings (SSSR count). The number of sulfonamides is 1. The highest BCUT2D eigenvalue weighted by Gasteiger charge is 2.40. The summed E-state index contributed by atoms with van der Waals surface area (Å²) in [6.07, 6.45) is 7.55. The number of fused-ring (bicyclic) bond motifs is 2. The van der Waals surface area contributed by atoms with E-state index in [1.54, 1.807) is 29.6 Å². The fraction of sp³-hybridized carbons (Fsp3) is 0.667. The molecule has 1 aromatic carbocycles. The number of amides is 1. The zero-order valence-corrected chi connectivity index (χ0v) is 17.3. The van der Waals surface area contributed by atoms with Crippen molar-refractivity contribution in [2.24, 2.45) is 11.8 Å². The van der Waals surface area contributed by atoms with Crippen molar-refractivity contribution in [2.75, 3.05) is 20.2 Å². The molecule has 154 valence electrons. The lowest BCUT2D eigenvalue weighted by atomic mass is 9.95. The third kappa shape index (κ3) is 3.92. The van der Waals surface area contributed by atoms with E-state index in [0.717, 1.165) is 30.7 Å². The maximum atomic E-state index is 12.8. The van der Waals surface area contributed by atoms with Gasteiger partial charge in [0.25, 0.3) is 0 Å². The molecule has 3 aliphatic rings.